The van der Waals surface area contributed by atoms with Gasteiger partial charge < -0.3 is 4.90 Å². The summed E-state index contributed by atoms with van der Waals surface area (Å²) in [6.07, 6.45) is 2.26. The van der Waals surface area contributed by atoms with Crippen LogP contribution in [-0.4, -0.2) is 72.0 Å². The molecule has 1 saturated carbocycles. The summed E-state index contributed by atoms with van der Waals surface area (Å²) in [5.41, 5.74) is 0. The first kappa shape index (κ1) is 16.3. The molecule has 0 radical (unpaired) electrons. The molecule has 3 aliphatic rings. The molecule has 0 aromatic rings. The number of rotatable bonds is 4. The van der Waals surface area contributed by atoms with Gasteiger partial charge in [-0.05, 0) is 38.5 Å². The van der Waals surface area contributed by atoms with Crippen LogP contribution in [0.4, 0.5) is 0 Å². The summed E-state index contributed by atoms with van der Waals surface area (Å²) < 4.78 is 0. The Labute approximate surface area is 135 Å². The van der Waals surface area contributed by atoms with Gasteiger partial charge in [0.05, 0.1) is 0 Å². The molecule has 0 aromatic heterocycles. The number of likely N-dealkylation sites (tertiary alicyclic amines) is 1. The highest BCUT2D eigenvalue weighted by atomic mass is 16.2. The average Bonchev–Trinajstić information content (AvgIpc) is 2.35. The van der Waals surface area contributed by atoms with E-state index in [0.29, 0.717) is 23.9 Å². The highest BCUT2D eigenvalue weighted by Crippen LogP contribution is 2.40. The first-order valence-electron chi connectivity index (χ1n) is 9.22. The number of amides is 1. The number of piperazine rings is 1. The molecule has 2 heterocycles. The van der Waals surface area contributed by atoms with Crippen LogP contribution in [-0.2, 0) is 4.79 Å². The van der Waals surface area contributed by atoms with Crippen LogP contribution in [0.2, 0.25) is 0 Å². The molecule has 0 aromatic carbocycles. The van der Waals surface area contributed by atoms with Gasteiger partial charge in [0.2, 0.25) is 5.91 Å². The highest BCUT2D eigenvalue weighted by molar-refractivity contribution is 5.80. The quantitative estimate of drug-likeness (QED) is 0.794. The predicted octanol–water partition coefficient (Wildman–Crippen LogP) is 1.91. The Morgan fingerprint density at radius 3 is 2.05 bits per heavy atom. The lowest BCUT2D eigenvalue weighted by Crippen LogP contribution is -2.65. The highest BCUT2D eigenvalue weighted by Gasteiger charge is 2.43. The van der Waals surface area contributed by atoms with E-state index in [2.05, 4.69) is 42.4 Å². The van der Waals surface area contributed by atoms with E-state index in [1.165, 1.54) is 26.2 Å². The summed E-state index contributed by atoms with van der Waals surface area (Å²) in [7, 11) is 0. The van der Waals surface area contributed by atoms with Gasteiger partial charge in [0, 0.05) is 57.3 Å². The maximum absolute atomic E-state index is 12.4. The van der Waals surface area contributed by atoms with Crippen LogP contribution in [0.3, 0.4) is 0 Å². The van der Waals surface area contributed by atoms with Crippen LogP contribution in [0.1, 0.15) is 40.5 Å². The zero-order chi connectivity index (χ0) is 15.9. The Kier molecular flexibility index (Phi) is 4.79. The average molecular weight is 307 g/mol. The summed E-state index contributed by atoms with van der Waals surface area (Å²) in [6, 6.07) is 1.29. The number of hydrogen-bond acceptors (Lipinski definition) is 3. The maximum atomic E-state index is 12.4. The third-order valence-corrected chi connectivity index (χ3v) is 6.24. The molecule has 126 valence electrons. The molecule has 0 atom stereocenters. The maximum Gasteiger partial charge on any atom is 0.225 e. The topological polar surface area (TPSA) is 26.8 Å². The van der Waals surface area contributed by atoms with Gasteiger partial charge in [0.1, 0.15) is 0 Å². The van der Waals surface area contributed by atoms with E-state index in [4.69, 9.17) is 0 Å². The fourth-order valence-electron chi connectivity index (χ4n) is 4.15. The van der Waals surface area contributed by atoms with Crippen molar-refractivity contribution >= 4 is 5.91 Å². The third kappa shape index (κ3) is 3.18. The summed E-state index contributed by atoms with van der Waals surface area (Å²) in [5, 5.41) is 0. The summed E-state index contributed by atoms with van der Waals surface area (Å²) >= 11 is 0. The smallest absolute Gasteiger partial charge is 0.225 e. The van der Waals surface area contributed by atoms with Crippen molar-refractivity contribution in [2.75, 3.05) is 39.3 Å². The Hall–Kier alpha value is -0.610. The van der Waals surface area contributed by atoms with Crippen molar-refractivity contribution in [2.45, 2.75) is 52.6 Å². The normalized spacial score (nSPS) is 31.5. The Morgan fingerprint density at radius 1 is 0.955 bits per heavy atom. The molecule has 22 heavy (non-hydrogen) atoms. The summed E-state index contributed by atoms with van der Waals surface area (Å²) in [4.78, 5) is 19.7. The minimum atomic E-state index is 0.339. The van der Waals surface area contributed by atoms with E-state index in [-0.39, 0.29) is 0 Å². The van der Waals surface area contributed by atoms with E-state index in [1.54, 1.807) is 0 Å². The van der Waals surface area contributed by atoms with Crippen LogP contribution < -0.4 is 0 Å². The summed E-state index contributed by atoms with van der Waals surface area (Å²) in [6.45, 7) is 15.8. The summed E-state index contributed by atoms with van der Waals surface area (Å²) in [5.74, 6) is 2.31. The van der Waals surface area contributed by atoms with Crippen LogP contribution >= 0.6 is 0 Å². The van der Waals surface area contributed by atoms with Crippen LogP contribution in [0, 0.1) is 17.8 Å². The van der Waals surface area contributed by atoms with E-state index < -0.39 is 0 Å². The number of carbonyl (C=O) groups excluding carboxylic acids is 1. The van der Waals surface area contributed by atoms with Gasteiger partial charge in [0.25, 0.3) is 0 Å². The lowest BCUT2D eigenvalue weighted by atomic mass is 9.69. The fraction of sp³-hybridized carbons (Fsp3) is 0.944. The van der Waals surface area contributed by atoms with Crippen LogP contribution in [0.5, 0.6) is 0 Å². The number of hydrogen-bond donors (Lipinski definition) is 0. The molecule has 4 nitrogen and oxygen atoms in total. The molecule has 3 rings (SSSR count). The van der Waals surface area contributed by atoms with E-state index in [9.17, 15) is 4.79 Å². The molecule has 2 saturated heterocycles. The first-order chi connectivity index (χ1) is 10.5. The molecular weight excluding hydrogens is 274 g/mol. The van der Waals surface area contributed by atoms with Crippen molar-refractivity contribution in [3.8, 4) is 0 Å². The van der Waals surface area contributed by atoms with Gasteiger partial charge in [-0.15, -0.1) is 0 Å². The van der Waals surface area contributed by atoms with Gasteiger partial charge >= 0.3 is 0 Å². The van der Waals surface area contributed by atoms with Crippen molar-refractivity contribution in [2.24, 2.45) is 17.8 Å². The lowest BCUT2D eigenvalue weighted by Gasteiger charge is -2.50. The second kappa shape index (κ2) is 6.48. The Balaban J connectivity index is 1.37. The monoisotopic (exact) mass is 307 g/mol. The van der Waals surface area contributed by atoms with Crippen molar-refractivity contribution in [3.63, 3.8) is 0 Å². The molecule has 0 spiro atoms. The van der Waals surface area contributed by atoms with Crippen molar-refractivity contribution in [1.82, 2.24) is 14.7 Å². The molecule has 1 aliphatic carbocycles. The van der Waals surface area contributed by atoms with E-state index in [0.717, 1.165) is 37.8 Å². The standard InChI is InChI=1S/C18H33N3O/c1-13(2)15-9-16(10-15)18(22)21-11-17(12-21)20-7-5-19(6-8-20)14(3)4/h13-17H,5-12H2,1-4H3. The molecule has 4 heteroatoms. The number of carbonyl (C=O) groups is 1. The van der Waals surface area contributed by atoms with E-state index >= 15 is 0 Å². The zero-order valence-corrected chi connectivity index (χ0v) is 14.8. The third-order valence-electron chi connectivity index (χ3n) is 6.24. The Bertz CT molecular complexity index is 389. The Morgan fingerprint density at radius 2 is 1.55 bits per heavy atom. The van der Waals surface area contributed by atoms with Gasteiger partial charge in [-0.2, -0.15) is 0 Å². The predicted molar refractivity (Wildman–Crippen MR) is 89.7 cm³/mol. The van der Waals surface area contributed by atoms with Crippen LogP contribution in [0.25, 0.3) is 0 Å². The van der Waals surface area contributed by atoms with Crippen LogP contribution in [0.15, 0.2) is 0 Å². The minimum Gasteiger partial charge on any atom is -0.339 e. The molecule has 2 aliphatic heterocycles. The molecule has 1 amide bonds. The SMILES string of the molecule is CC(C)C1CC(C(=O)N2CC(N3CCN(C(C)C)CC3)C2)C1. The van der Waals surface area contributed by atoms with Gasteiger partial charge in [-0.3, -0.25) is 14.6 Å². The van der Waals surface area contributed by atoms with Gasteiger partial charge in [0.15, 0.2) is 0 Å². The molecule has 0 unspecified atom stereocenters. The fourth-order valence-corrected chi connectivity index (χ4v) is 4.15. The number of nitrogens with zero attached hydrogens (tertiary/aromatic N) is 3. The largest absolute Gasteiger partial charge is 0.339 e. The molecular formula is C18H33N3O. The lowest BCUT2D eigenvalue weighted by molar-refractivity contribution is -0.148. The zero-order valence-electron chi connectivity index (χ0n) is 14.8. The van der Waals surface area contributed by atoms with Gasteiger partial charge in [-0.25, -0.2) is 0 Å². The van der Waals surface area contributed by atoms with Crippen molar-refractivity contribution in [1.29, 1.82) is 0 Å². The van der Waals surface area contributed by atoms with E-state index in [1.807, 2.05) is 0 Å². The molecule has 0 N–H and O–H groups in total. The van der Waals surface area contributed by atoms with Crippen molar-refractivity contribution in [3.05, 3.63) is 0 Å². The molecule has 3 fully saturated rings. The first-order valence-corrected chi connectivity index (χ1v) is 9.22. The second-order valence-corrected chi connectivity index (χ2v) is 8.24. The van der Waals surface area contributed by atoms with Crippen molar-refractivity contribution < 1.29 is 4.79 Å². The van der Waals surface area contributed by atoms with Gasteiger partial charge in [-0.1, -0.05) is 13.8 Å². The minimum absolute atomic E-state index is 0.339. The second-order valence-electron chi connectivity index (χ2n) is 8.24. The molecule has 0 bridgehead atoms.